The third-order valence-corrected chi connectivity index (χ3v) is 4.48. The minimum absolute atomic E-state index is 0.146. The highest BCUT2D eigenvalue weighted by Crippen LogP contribution is 2.31. The molecule has 1 fully saturated rings. The van der Waals surface area contributed by atoms with Crippen LogP contribution in [0.3, 0.4) is 0 Å². The van der Waals surface area contributed by atoms with Crippen molar-refractivity contribution in [3.05, 3.63) is 29.3 Å². The van der Waals surface area contributed by atoms with Crippen LogP contribution in [-0.4, -0.2) is 19.6 Å². The molecular formula is C17H26F2N2. The van der Waals surface area contributed by atoms with E-state index in [2.05, 4.69) is 26.1 Å². The van der Waals surface area contributed by atoms with E-state index in [1.807, 2.05) is 4.90 Å². The molecule has 1 aliphatic heterocycles. The molecule has 2 rings (SSSR count). The van der Waals surface area contributed by atoms with Gasteiger partial charge in [0.15, 0.2) is 0 Å². The number of halogens is 2. The largest absolute Gasteiger partial charge is 0.367 e. The van der Waals surface area contributed by atoms with Gasteiger partial charge >= 0.3 is 0 Å². The van der Waals surface area contributed by atoms with E-state index in [1.54, 1.807) is 0 Å². The van der Waals surface area contributed by atoms with Gasteiger partial charge in [0, 0.05) is 19.6 Å². The van der Waals surface area contributed by atoms with Gasteiger partial charge in [-0.05, 0) is 48.9 Å². The van der Waals surface area contributed by atoms with Crippen LogP contribution in [0.4, 0.5) is 14.5 Å². The third kappa shape index (κ3) is 3.94. The van der Waals surface area contributed by atoms with E-state index in [4.69, 9.17) is 0 Å². The van der Waals surface area contributed by atoms with Crippen LogP contribution in [0.5, 0.6) is 0 Å². The number of rotatable bonds is 5. The Morgan fingerprint density at radius 2 is 1.86 bits per heavy atom. The second-order valence-electron chi connectivity index (χ2n) is 6.27. The molecule has 1 aromatic carbocycles. The van der Waals surface area contributed by atoms with Crippen molar-refractivity contribution in [1.82, 2.24) is 5.32 Å². The average molecular weight is 296 g/mol. The molecule has 118 valence electrons. The van der Waals surface area contributed by atoms with E-state index < -0.39 is 11.6 Å². The number of piperidine rings is 1. The fraction of sp³-hybridized carbons (Fsp3) is 0.647. The van der Waals surface area contributed by atoms with Crippen molar-refractivity contribution in [3.63, 3.8) is 0 Å². The zero-order valence-corrected chi connectivity index (χ0v) is 13.3. The predicted octanol–water partition coefficient (Wildman–Crippen LogP) is 3.95. The van der Waals surface area contributed by atoms with Crippen molar-refractivity contribution in [1.29, 1.82) is 0 Å². The molecule has 2 atom stereocenters. The number of hydrogen-bond donors (Lipinski definition) is 1. The molecule has 2 unspecified atom stereocenters. The lowest BCUT2D eigenvalue weighted by Gasteiger charge is -2.37. The Morgan fingerprint density at radius 1 is 1.19 bits per heavy atom. The first-order valence-corrected chi connectivity index (χ1v) is 7.96. The van der Waals surface area contributed by atoms with Gasteiger partial charge < -0.3 is 10.2 Å². The van der Waals surface area contributed by atoms with Gasteiger partial charge in [0.2, 0.25) is 0 Å². The van der Waals surface area contributed by atoms with Gasteiger partial charge in [-0.3, -0.25) is 0 Å². The van der Waals surface area contributed by atoms with Gasteiger partial charge in [-0.2, -0.15) is 0 Å². The first kappa shape index (κ1) is 16.2. The van der Waals surface area contributed by atoms with Crippen LogP contribution in [-0.2, 0) is 6.54 Å². The molecule has 0 amide bonds. The summed E-state index contributed by atoms with van der Waals surface area (Å²) < 4.78 is 28.6. The Hall–Kier alpha value is -1.16. The molecule has 0 spiro atoms. The quantitative estimate of drug-likeness (QED) is 0.828. The van der Waals surface area contributed by atoms with E-state index in [1.165, 1.54) is 12.1 Å². The Morgan fingerprint density at radius 3 is 2.43 bits per heavy atom. The van der Waals surface area contributed by atoms with Crippen LogP contribution in [0.2, 0.25) is 0 Å². The number of nitrogens with one attached hydrogen (secondary N) is 1. The van der Waals surface area contributed by atoms with Crippen molar-refractivity contribution in [2.45, 2.75) is 40.2 Å². The van der Waals surface area contributed by atoms with E-state index >= 15 is 0 Å². The van der Waals surface area contributed by atoms with Gasteiger partial charge in [-0.1, -0.05) is 20.8 Å². The highest BCUT2D eigenvalue weighted by molar-refractivity contribution is 5.51. The van der Waals surface area contributed by atoms with Gasteiger partial charge in [-0.15, -0.1) is 0 Å². The summed E-state index contributed by atoms with van der Waals surface area (Å²) in [6.07, 6.45) is 1.99. The molecule has 2 nitrogen and oxygen atoms in total. The molecule has 0 aromatic heterocycles. The fourth-order valence-corrected chi connectivity index (χ4v) is 2.90. The van der Waals surface area contributed by atoms with Crippen molar-refractivity contribution in [2.24, 2.45) is 11.8 Å². The molecule has 1 heterocycles. The summed E-state index contributed by atoms with van der Waals surface area (Å²) in [6, 6.07) is 2.92. The lowest BCUT2D eigenvalue weighted by Crippen LogP contribution is -2.39. The number of anilines is 1. The van der Waals surface area contributed by atoms with Crippen LogP contribution in [0.1, 0.15) is 39.2 Å². The summed E-state index contributed by atoms with van der Waals surface area (Å²) in [5.41, 5.74) is 0.814. The van der Waals surface area contributed by atoms with Crippen molar-refractivity contribution >= 4 is 5.69 Å². The monoisotopic (exact) mass is 296 g/mol. The molecule has 1 aromatic rings. The van der Waals surface area contributed by atoms with Crippen LogP contribution < -0.4 is 10.2 Å². The fourth-order valence-electron chi connectivity index (χ4n) is 2.90. The smallest absolute Gasteiger partial charge is 0.149 e. The van der Waals surface area contributed by atoms with Gasteiger partial charge in [-0.25, -0.2) is 8.78 Å². The van der Waals surface area contributed by atoms with E-state index in [0.29, 0.717) is 23.9 Å². The number of hydrogen-bond acceptors (Lipinski definition) is 2. The standard InChI is InChI=1S/C17H26F2N2/c1-4-6-20-10-14-8-15(18)17(16(19)9-14)21-7-5-12(2)13(3)11-21/h8-9,12-13,20H,4-7,10-11H2,1-3H3. The highest BCUT2D eigenvalue weighted by Gasteiger charge is 2.26. The van der Waals surface area contributed by atoms with Crippen LogP contribution in [0.15, 0.2) is 12.1 Å². The summed E-state index contributed by atoms with van der Waals surface area (Å²) in [5, 5.41) is 3.17. The summed E-state index contributed by atoms with van der Waals surface area (Å²) >= 11 is 0. The molecule has 1 aliphatic rings. The van der Waals surface area contributed by atoms with Gasteiger partial charge in [0.1, 0.15) is 17.3 Å². The second-order valence-corrected chi connectivity index (χ2v) is 6.27. The lowest BCUT2D eigenvalue weighted by atomic mass is 9.88. The molecule has 0 saturated carbocycles. The molecular weight excluding hydrogens is 270 g/mol. The van der Waals surface area contributed by atoms with Crippen molar-refractivity contribution in [2.75, 3.05) is 24.5 Å². The van der Waals surface area contributed by atoms with Gasteiger partial charge in [0.25, 0.3) is 0 Å². The normalized spacial score (nSPS) is 22.6. The summed E-state index contributed by atoms with van der Waals surface area (Å²) in [6.45, 7) is 9.24. The molecule has 21 heavy (non-hydrogen) atoms. The molecule has 0 aliphatic carbocycles. The Bertz CT molecular complexity index is 453. The summed E-state index contributed by atoms with van der Waals surface area (Å²) in [4.78, 5) is 1.86. The van der Waals surface area contributed by atoms with Crippen LogP contribution >= 0.6 is 0 Å². The van der Waals surface area contributed by atoms with Crippen LogP contribution in [0, 0.1) is 23.5 Å². The van der Waals surface area contributed by atoms with E-state index in [0.717, 1.165) is 32.5 Å². The van der Waals surface area contributed by atoms with E-state index in [9.17, 15) is 8.78 Å². The maximum absolute atomic E-state index is 14.3. The maximum Gasteiger partial charge on any atom is 0.149 e. The Kier molecular flexibility index (Phi) is 5.57. The first-order valence-electron chi connectivity index (χ1n) is 7.96. The minimum Gasteiger partial charge on any atom is -0.367 e. The number of nitrogens with zero attached hydrogens (tertiary/aromatic N) is 1. The molecule has 4 heteroatoms. The zero-order chi connectivity index (χ0) is 15.4. The number of benzene rings is 1. The summed E-state index contributed by atoms with van der Waals surface area (Å²) in [7, 11) is 0. The highest BCUT2D eigenvalue weighted by atomic mass is 19.1. The van der Waals surface area contributed by atoms with E-state index in [-0.39, 0.29) is 5.69 Å². The molecule has 1 N–H and O–H groups in total. The maximum atomic E-state index is 14.3. The molecule has 0 bridgehead atoms. The average Bonchev–Trinajstić information content (AvgIpc) is 2.42. The minimum atomic E-state index is -0.440. The molecule has 1 saturated heterocycles. The zero-order valence-electron chi connectivity index (χ0n) is 13.3. The predicted molar refractivity (Wildman–Crippen MR) is 83.5 cm³/mol. The van der Waals surface area contributed by atoms with Crippen molar-refractivity contribution in [3.8, 4) is 0 Å². The lowest BCUT2D eigenvalue weighted by molar-refractivity contribution is 0.320. The third-order valence-electron chi connectivity index (χ3n) is 4.48. The first-order chi connectivity index (χ1) is 10.0. The van der Waals surface area contributed by atoms with Crippen molar-refractivity contribution < 1.29 is 8.78 Å². The SMILES string of the molecule is CCCNCc1cc(F)c(N2CCC(C)C(C)C2)c(F)c1. The molecule has 0 radical (unpaired) electrons. The van der Waals surface area contributed by atoms with Crippen LogP contribution in [0.25, 0.3) is 0 Å². The second kappa shape index (κ2) is 7.21. The Balaban J connectivity index is 2.13. The van der Waals surface area contributed by atoms with Gasteiger partial charge in [0.05, 0.1) is 0 Å². The Labute approximate surface area is 126 Å². The topological polar surface area (TPSA) is 15.3 Å². The summed E-state index contributed by atoms with van der Waals surface area (Å²) in [5.74, 6) is 0.198.